The number of carbonyl (C=O) groups excluding carboxylic acids is 1. The van der Waals surface area contributed by atoms with Gasteiger partial charge in [0.1, 0.15) is 17.1 Å². The van der Waals surface area contributed by atoms with Crippen LogP contribution in [0.25, 0.3) is 11.1 Å². The maximum absolute atomic E-state index is 13.4. The summed E-state index contributed by atoms with van der Waals surface area (Å²) in [6, 6.07) is 19.8. The third-order valence-electron chi connectivity index (χ3n) is 7.31. The molecule has 1 fully saturated rings. The molecule has 218 valence electrons. The molecule has 3 N–H and O–H groups in total. The van der Waals surface area contributed by atoms with Gasteiger partial charge in [-0.3, -0.25) is 0 Å². The quantitative estimate of drug-likeness (QED) is 0.140. The second-order valence-electron chi connectivity index (χ2n) is 10.1. The Balaban J connectivity index is 1.37. The van der Waals surface area contributed by atoms with Crippen LogP contribution in [0.4, 0.5) is 5.69 Å². The first kappa shape index (κ1) is 29.7. The fourth-order valence-electron chi connectivity index (χ4n) is 5.35. The molecular formula is C31H30N2O7SSe. The Morgan fingerprint density at radius 2 is 1.67 bits per heavy atom. The van der Waals surface area contributed by atoms with E-state index in [2.05, 4.69) is 10.3 Å². The van der Waals surface area contributed by atoms with Crippen molar-refractivity contribution < 1.29 is 32.3 Å². The van der Waals surface area contributed by atoms with Gasteiger partial charge in [0.25, 0.3) is 0 Å². The van der Waals surface area contributed by atoms with Crippen LogP contribution in [-0.4, -0.2) is 57.0 Å². The molecule has 9 nitrogen and oxygen atoms in total. The monoisotopic (exact) mass is 654 g/mol. The minimum atomic E-state index is -4.19. The van der Waals surface area contributed by atoms with Crippen molar-refractivity contribution in [1.29, 1.82) is 5.26 Å². The first-order chi connectivity index (χ1) is 20.3. The number of carbonyl (C=O) groups is 1. The molecule has 0 aromatic heterocycles. The maximum atomic E-state index is 13.4. The van der Waals surface area contributed by atoms with Crippen molar-refractivity contribution in [3.8, 4) is 22.2 Å². The molecule has 3 unspecified atom stereocenters. The number of phenols is 2. The Bertz CT molecular complexity index is 1620. The van der Waals surface area contributed by atoms with Gasteiger partial charge in [-0.25, -0.2) is 0 Å². The molecular weight excluding hydrogens is 623 g/mol. The van der Waals surface area contributed by atoms with Gasteiger partial charge in [-0.15, -0.1) is 0 Å². The van der Waals surface area contributed by atoms with Crippen LogP contribution in [0.2, 0.25) is 5.32 Å². The Kier molecular flexibility index (Phi) is 9.19. The van der Waals surface area contributed by atoms with Crippen LogP contribution in [0, 0.1) is 10.2 Å². The molecule has 3 atom stereocenters. The summed E-state index contributed by atoms with van der Waals surface area (Å²) in [6.07, 6.45) is 1.84. The average molecular weight is 654 g/mol. The van der Waals surface area contributed by atoms with Gasteiger partial charge >= 0.3 is 123 Å². The van der Waals surface area contributed by atoms with E-state index >= 15 is 0 Å². The number of aromatic hydroxyl groups is 2. The molecule has 0 saturated carbocycles. The van der Waals surface area contributed by atoms with Gasteiger partial charge < -0.3 is 19.1 Å². The Labute approximate surface area is 251 Å². The van der Waals surface area contributed by atoms with Crippen molar-refractivity contribution in [2.45, 2.75) is 54.9 Å². The van der Waals surface area contributed by atoms with Crippen LogP contribution in [0.15, 0.2) is 72.8 Å². The molecule has 1 amide bonds. The van der Waals surface area contributed by atoms with Crippen LogP contribution in [0.5, 0.6) is 17.2 Å². The van der Waals surface area contributed by atoms with Gasteiger partial charge in [0.15, 0.2) is 11.5 Å². The van der Waals surface area contributed by atoms with Gasteiger partial charge in [0, 0.05) is 6.42 Å². The van der Waals surface area contributed by atoms with Gasteiger partial charge in [-0.2, -0.15) is 8.42 Å². The number of phenolic OH excluding ortho intramolecular Hbond substituents is 2. The van der Waals surface area contributed by atoms with E-state index < -0.39 is 27.6 Å². The molecule has 3 aromatic rings. The van der Waals surface area contributed by atoms with E-state index in [9.17, 15) is 23.4 Å². The van der Waals surface area contributed by atoms with Crippen molar-refractivity contribution >= 4 is 47.8 Å². The van der Waals surface area contributed by atoms with E-state index in [1.807, 2.05) is 12.1 Å². The van der Waals surface area contributed by atoms with Gasteiger partial charge in [0.05, 0.1) is 6.10 Å². The Hall–Kier alpha value is -3.81. The fraction of sp³-hybridized carbons (Fsp3) is 0.290. The van der Waals surface area contributed by atoms with Crippen LogP contribution in [0.3, 0.4) is 0 Å². The predicted octanol–water partition coefficient (Wildman–Crippen LogP) is 5.06. The third kappa shape index (κ3) is 6.63. The molecule has 0 aliphatic carbocycles. The standard InChI is InChI=1S/C31H30N2O7SSe/c32-19-42-17-5-1-2-8-28(36)33-22-13-9-21(10-14-22)30-29(20-11-15-23(34)16-12-20)26-18-27(31(30)39-26)41(37,38)40-25-7-4-3-6-24(25)35/h3-4,6-7,9-16,26-27,31,34-35H,1-2,5,8,17-18H2,(H,33,36). The van der Waals surface area contributed by atoms with Crippen molar-refractivity contribution in [3.05, 3.63) is 83.9 Å². The summed E-state index contributed by atoms with van der Waals surface area (Å²) < 4.78 is 38.4. The summed E-state index contributed by atoms with van der Waals surface area (Å²) in [4.78, 5) is 14.6. The van der Waals surface area contributed by atoms with Crippen molar-refractivity contribution in [2.75, 3.05) is 5.32 Å². The zero-order valence-corrected chi connectivity index (χ0v) is 25.1. The Morgan fingerprint density at radius 3 is 2.38 bits per heavy atom. The summed E-state index contributed by atoms with van der Waals surface area (Å²) >= 11 is 0.0214. The average Bonchev–Trinajstić information content (AvgIpc) is 3.57. The number of unbranched alkanes of at least 4 members (excludes halogenated alkanes) is 2. The molecule has 2 aliphatic heterocycles. The number of nitrogens with zero attached hydrogens (tertiary/aromatic N) is 1. The first-order valence-electron chi connectivity index (χ1n) is 13.6. The summed E-state index contributed by atoms with van der Waals surface area (Å²) in [5.74, 6) is -0.395. The van der Waals surface area contributed by atoms with Gasteiger partial charge in [0.2, 0.25) is 0 Å². The third-order valence-corrected chi connectivity index (χ3v) is 10.2. The SMILES string of the molecule is N#C[Se]CCCCCC(=O)Nc1ccc(C2=C(c3ccc(O)cc3)C3CC(S(=O)(=O)Oc4ccccc4O)C2O3)cc1. The van der Waals surface area contributed by atoms with E-state index in [1.54, 1.807) is 48.5 Å². The van der Waals surface area contributed by atoms with E-state index in [0.29, 0.717) is 17.7 Å². The molecule has 2 aliphatic rings. The van der Waals surface area contributed by atoms with Crippen LogP contribution in [0.1, 0.15) is 43.2 Å². The molecule has 3 aromatic carbocycles. The van der Waals surface area contributed by atoms with E-state index in [-0.39, 0.29) is 44.5 Å². The number of hydrogen-bond donors (Lipinski definition) is 3. The van der Waals surface area contributed by atoms with Crippen LogP contribution < -0.4 is 9.50 Å². The first-order valence-corrected chi connectivity index (χ1v) is 17.1. The molecule has 11 heteroatoms. The second-order valence-corrected chi connectivity index (χ2v) is 13.7. The molecule has 2 bridgehead atoms. The minimum absolute atomic E-state index is 0.0214. The molecule has 42 heavy (non-hydrogen) atoms. The van der Waals surface area contributed by atoms with E-state index in [4.69, 9.17) is 14.2 Å². The van der Waals surface area contributed by atoms with Crippen LogP contribution >= 0.6 is 0 Å². The molecule has 5 rings (SSSR count). The summed E-state index contributed by atoms with van der Waals surface area (Å²) in [7, 11) is -4.19. The number of hydrogen-bond acceptors (Lipinski definition) is 8. The summed E-state index contributed by atoms with van der Waals surface area (Å²) in [6.45, 7) is 0. The van der Waals surface area contributed by atoms with E-state index in [1.165, 1.54) is 12.1 Å². The van der Waals surface area contributed by atoms with Gasteiger partial charge in [-0.05, 0) is 35.4 Å². The summed E-state index contributed by atoms with van der Waals surface area (Å²) in [5.41, 5.74) is 3.71. The number of para-hydroxylation sites is 2. The van der Waals surface area contributed by atoms with Crippen molar-refractivity contribution in [3.63, 3.8) is 0 Å². The number of rotatable bonds is 12. The molecule has 1 saturated heterocycles. The number of fused-ring (bicyclic) bond motifs is 2. The normalized spacial score (nSPS) is 19.5. The second kappa shape index (κ2) is 13.0. The number of ether oxygens (including phenoxy) is 1. The predicted molar refractivity (Wildman–Crippen MR) is 159 cm³/mol. The van der Waals surface area contributed by atoms with Crippen molar-refractivity contribution in [2.24, 2.45) is 0 Å². The zero-order chi connectivity index (χ0) is 29.7. The number of nitrogens with one attached hydrogen (secondary N) is 1. The number of amides is 1. The molecule has 0 radical (unpaired) electrons. The zero-order valence-electron chi connectivity index (χ0n) is 22.6. The number of anilines is 1. The number of nitriles is 1. The van der Waals surface area contributed by atoms with E-state index in [0.717, 1.165) is 41.3 Å². The topological polar surface area (TPSA) is 146 Å². The Morgan fingerprint density at radius 1 is 0.976 bits per heavy atom. The fourth-order valence-corrected chi connectivity index (χ4v) is 7.70. The molecule has 0 spiro atoms. The van der Waals surface area contributed by atoms with Crippen LogP contribution in [-0.2, 0) is 19.6 Å². The van der Waals surface area contributed by atoms with Gasteiger partial charge in [-0.1, -0.05) is 24.3 Å². The number of benzene rings is 3. The van der Waals surface area contributed by atoms with Crippen molar-refractivity contribution in [1.82, 2.24) is 0 Å². The molecule has 2 heterocycles. The summed E-state index contributed by atoms with van der Waals surface area (Å²) in [5, 5.41) is 31.4.